The summed E-state index contributed by atoms with van der Waals surface area (Å²) in [7, 11) is 4.42. The van der Waals surface area contributed by atoms with Crippen molar-refractivity contribution in [2.75, 3.05) is 7.05 Å². The smallest absolute Gasteiger partial charge is 0.341 e. The fourth-order valence-corrected chi connectivity index (χ4v) is 3.13. The lowest BCUT2D eigenvalue weighted by Gasteiger charge is -2.18. The zero-order chi connectivity index (χ0) is 22.2. The number of hydrogen-bond acceptors (Lipinski definition) is 4. The third kappa shape index (κ3) is 4.00. The van der Waals surface area contributed by atoms with E-state index in [0.717, 1.165) is 16.7 Å². The summed E-state index contributed by atoms with van der Waals surface area (Å²) in [6, 6.07) is 4.62. The fourth-order valence-electron chi connectivity index (χ4n) is 3.13. The third-order valence-corrected chi connectivity index (χ3v) is 4.91. The summed E-state index contributed by atoms with van der Waals surface area (Å²) in [5, 5.41) is 0. The van der Waals surface area contributed by atoms with Crippen LogP contribution in [0.1, 0.15) is 17.5 Å². The van der Waals surface area contributed by atoms with Crippen LogP contribution < -0.4 is 11.2 Å². The van der Waals surface area contributed by atoms with Crippen molar-refractivity contribution in [1.29, 1.82) is 0 Å². The number of halogens is 3. The summed E-state index contributed by atoms with van der Waals surface area (Å²) in [6.45, 7) is 0.318. The molecule has 0 atom stereocenters. The van der Waals surface area contributed by atoms with Gasteiger partial charge in [0.15, 0.2) is 11.2 Å². The molecule has 0 unspecified atom stereocenters. The number of amides is 1. The van der Waals surface area contributed by atoms with Crippen LogP contribution in [0.5, 0.6) is 0 Å². The van der Waals surface area contributed by atoms with E-state index in [1.807, 2.05) is 0 Å². The topological polar surface area (TPSA) is 82.1 Å². The number of nitrogens with zero attached hydrogens (tertiary/aromatic N) is 5. The molecule has 8 nitrogen and oxygen atoms in total. The molecule has 0 N–H and O–H groups in total. The number of aromatic nitrogens is 4. The molecule has 0 saturated carbocycles. The molecule has 0 aliphatic heterocycles. The number of imidazole rings is 1. The first kappa shape index (κ1) is 21.3. The molecule has 0 radical (unpaired) electrons. The zero-order valence-corrected chi connectivity index (χ0v) is 16.6. The van der Waals surface area contributed by atoms with Crippen LogP contribution in [0.4, 0.5) is 13.2 Å². The van der Waals surface area contributed by atoms with Crippen molar-refractivity contribution < 1.29 is 18.0 Å². The molecule has 0 aliphatic rings. The molecule has 11 heteroatoms. The third-order valence-electron chi connectivity index (χ3n) is 4.91. The second kappa shape index (κ2) is 7.81. The van der Waals surface area contributed by atoms with E-state index in [0.29, 0.717) is 5.56 Å². The number of rotatable bonds is 5. The number of alkyl halides is 3. The van der Waals surface area contributed by atoms with E-state index < -0.39 is 23.0 Å². The van der Waals surface area contributed by atoms with Gasteiger partial charge in [0.1, 0.15) is 0 Å². The molecule has 0 spiro atoms. The van der Waals surface area contributed by atoms with Crippen LogP contribution in [0, 0.1) is 0 Å². The molecule has 0 saturated heterocycles. The van der Waals surface area contributed by atoms with Gasteiger partial charge in [-0.2, -0.15) is 13.2 Å². The van der Waals surface area contributed by atoms with Gasteiger partial charge in [0.2, 0.25) is 5.91 Å². The molecule has 160 valence electrons. The van der Waals surface area contributed by atoms with E-state index in [1.54, 1.807) is 7.05 Å². The van der Waals surface area contributed by atoms with Crippen LogP contribution in [0.2, 0.25) is 0 Å². The second-order valence-corrected chi connectivity index (χ2v) is 7.01. The number of aryl methyl sites for hydroxylation is 2. The standard InChI is InChI=1S/C19H20F3N5O3/c1-24(10-12-4-6-13(7-5-12)19(20,21)22)14(28)8-9-27-11-23-16-15(27)17(29)26(3)18(30)25(16)2/h4-7,11H,8-10H2,1-3H3. The molecule has 30 heavy (non-hydrogen) atoms. The van der Waals surface area contributed by atoms with Crippen LogP contribution in [0.3, 0.4) is 0 Å². The van der Waals surface area contributed by atoms with Crippen molar-refractivity contribution >= 4 is 17.1 Å². The lowest BCUT2D eigenvalue weighted by atomic mass is 10.1. The molecule has 0 fully saturated rings. The molecule has 1 aromatic carbocycles. The van der Waals surface area contributed by atoms with Crippen LogP contribution >= 0.6 is 0 Å². The first-order chi connectivity index (χ1) is 14.0. The average molecular weight is 423 g/mol. The summed E-state index contributed by atoms with van der Waals surface area (Å²) in [4.78, 5) is 42.3. The summed E-state index contributed by atoms with van der Waals surface area (Å²) in [6.07, 6.45) is -2.96. The Hall–Kier alpha value is -3.37. The van der Waals surface area contributed by atoms with E-state index >= 15 is 0 Å². The van der Waals surface area contributed by atoms with Crippen molar-refractivity contribution in [3.05, 3.63) is 62.6 Å². The Morgan fingerprint density at radius 1 is 1.10 bits per heavy atom. The van der Waals surface area contributed by atoms with Gasteiger partial charge in [0, 0.05) is 40.7 Å². The first-order valence-corrected chi connectivity index (χ1v) is 9.01. The highest BCUT2D eigenvalue weighted by Gasteiger charge is 2.30. The Morgan fingerprint density at radius 3 is 2.33 bits per heavy atom. The SMILES string of the molecule is CN(Cc1ccc(C(F)(F)F)cc1)C(=O)CCn1cnc2c1c(=O)n(C)c(=O)n2C. The van der Waals surface area contributed by atoms with Gasteiger partial charge in [-0.05, 0) is 17.7 Å². The Labute approximate surface area is 168 Å². The van der Waals surface area contributed by atoms with Gasteiger partial charge in [-0.15, -0.1) is 0 Å². The second-order valence-electron chi connectivity index (χ2n) is 7.01. The lowest BCUT2D eigenvalue weighted by molar-refractivity contribution is -0.137. The average Bonchev–Trinajstić information content (AvgIpc) is 3.12. The molecule has 3 aromatic rings. The largest absolute Gasteiger partial charge is 0.416 e. The van der Waals surface area contributed by atoms with Crippen molar-refractivity contribution in [3.63, 3.8) is 0 Å². The molecule has 2 aromatic heterocycles. The molecule has 2 heterocycles. The Bertz CT molecular complexity index is 1210. The predicted octanol–water partition coefficient (Wildman–Crippen LogP) is 1.50. The van der Waals surface area contributed by atoms with E-state index in [4.69, 9.17) is 0 Å². The van der Waals surface area contributed by atoms with Gasteiger partial charge in [-0.1, -0.05) is 12.1 Å². The highest BCUT2D eigenvalue weighted by molar-refractivity contribution is 5.76. The van der Waals surface area contributed by atoms with E-state index in [1.165, 1.54) is 46.6 Å². The maximum absolute atomic E-state index is 12.6. The molecular weight excluding hydrogens is 403 g/mol. The quantitative estimate of drug-likeness (QED) is 0.623. The van der Waals surface area contributed by atoms with Gasteiger partial charge in [0.25, 0.3) is 5.56 Å². The van der Waals surface area contributed by atoms with Crippen molar-refractivity contribution in [2.45, 2.75) is 25.7 Å². The minimum atomic E-state index is -4.41. The summed E-state index contributed by atoms with van der Waals surface area (Å²) in [5.74, 6) is -0.251. The maximum Gasteiger partial charge on any atom is 0.416 e. The Kier molecular flexibility index (Phi) is 5.55. The van der Waals surface area contributed by atoms with Gasteiger partial charge < -0.3 is 9.47 Å². The molecule has 0 bridgehead atoms. The van der Waals surface area contributed by atoms with E-state index in [9.17, 15) is 27.6 Å². The van der Waals surface area contributed by atoms with Crippen LogP contribution in [0.25, 0.3) is 11.2 Å². The highest BCUT2D eigenvalue weighted by Crippen LogP contribution is 2.29. The molecule has 3 rings (SSSR count). The first-order valence-electron chi connectivity index (χ1n) is 9.01. The van der Waals surface area contributed by atoms with Gasteiger partial charge in [-0.3, -0.25) is 18.7 Å². The van der Waals surface area contributed by atoms with E-state index in [-0.39, 0.29) is 36.6 Å². The number of carbonyl (C=O) groups excluding carboxylic acids is 1. The normalized spacial score (nSPS) is 11.8. The lowest BCUT2D eigenvalue weighted by Crippen LogP contribution is -2.37. The summed E-state index contributed by atoms with van der Waals surface area (Å²) < 4.78 is 41.7. The number of fused-ring (bicyclic) bond motifs is 1. The molecular formula is C19H20F3N5O3. The van der Waals surface area contributed by atoms with Crippen LogP contribution in [-0.2, 0) is 38.2 Å². The minimum absolute atomic E-state index is 0.0502. The van der Waals surface area contributed by atoms with Crippen LogP contribution in [-0.4, -0.2) is 36.5 Å². The van der Waals surface area contributed by atoms with Gasteiger partial charge >= 0.3 is 11.9 Å². The Morgan fingerprint density at radius 2 is 1.73 bits per heavy atom. The van der Waals surface area contributed by atoms with Crippen molar-refractivity contribution in [1.82, 2.24) is 23.6 Å². The monoisotopic (exact) mass is 423 g/mol. The molecule has 0 aliphatic carbocycles. The fraction of sp³-hybridized carbons (Fsp3) is 0.368. The maximum atomic E-state index is 12.6. The number of hydrogen-bond donors (Lipinski definition) is 0. The highest BCUT2D eigenvalue weighted by atomic mass is 19.4. The molecule has 1 amide bonds. The van der Waals surface area contributed by atoms with Crippen molar-refractivity contribution in [2.24, 2.45) is 14.1 Å². The van der Waals surface area contributed by atoms with Crippen LogP contribution in [0.15, 0.2) is 40.2 Å². The van der Waals surface area contributed by atoms with Gasteiger partial charge in [-0.25, -0.2) is 9.78 Å². The van der Waals surface area contributed by atoms with Gasteiger partial charge in [0.05, 0.1) is 11.9 Å². The summed E-state index contributed by atoms with van der Waals surface area (Å²) in [5.41, 5.74) is -0.730. The predicted molar refractivity (Wildman–Crippen MR) is 103 cm³/mol. The number of carbonyl (C=O) groups is 1. The Balaban J connectivity index is 1.70. The minimum Gasteiger partial charge on any atom is -0.341 e. The van der Waals surface area contributed by atoms with Crippen molar-refractivity contribution in [3.8, 4) is 0 Å². The number of benzene rings is 1. The zero-order valence-electron chi connectivity index (χ0n) is 16.6. The van der Waals surface area contributed by atoms with E-state index in [2.05, 4.69) is 4.98 Å². The summed E-state index contributed by atoms with van der Waals surface area (Å²) >= 11 is 0.